The summed E-state index contributed by atoms with van der Waals surface area (Å²) < 4.78 is 5.07. The minimum Gasteiger partial charge on any atom is -0.385 e. The van der Waals surface area contributed by atoms with Gasteiger partial charge in [-0.05, 0) is 31.4 Å². The third-order valence-electron chi connectivity index (χ3n) is 3.72. The molecule has 1 aliphatic heterocycles. The number of ether oxygens (including phenoxy) is 1. The first kappa shape index (κ1) is 14.9. The minimum absolute atomic E-state index is 0.0152. The van der Waals surface area contributed by atoms with E-state index in [1.165, 1.54) is 0 Å². The molecule has 1 amide bonds. The van der Waals surface area contributed by atoms with Gasteiger partial charge in [-0.25, -0.2) is 0 Å². The van der Waals surface area contributed by atoms with Crippen LogP contribution in [0.1, 0.15) is 26.2 Å². The van der Waals surface area contributed by atoms with E-state index in [9.17, 15) is 4.79 Å². The van der Waals surface area contributed by atoms with Crippen LogP contribution in [0.15, 0.2) is 24.3 Å². The van der Waals surface area contributed by atoms with E-state index in [0.717, 1.165) is 50.3 Å². The highest BCUT2D eigenvalue weighted by molar-refractivity contribution is 5.97. The SMILES string of the molecule is COCCCCCN1CC(C)C(=O)Nc2ccccc21. The Morgan fingerprint density at radius 1 is 1.30 bits per heavy atom. The number of nitrogens with one attached hydrogen (secondary N) is 1. The van der Waals surface area contributed by atoms with Crippen LogP contribution in [0.25, 0.3) is 0 Å². The largest absolute Gasteiger partial charge is 0.385 e. The molecule has 0 aliphatic carbocycles. The molecule has 1 aromatic carbocycles. The van der Waals surface area contributed by atoms with Crippen molar-refractivity contribution < 1.29 is 9.53 Å². The molecule has 0 saturated heterocycles. The number of unbranched alkanes of at least 4 members (excludes halogenated alkanes) is 2. The lowest BCUT2D eigenvalue weighted by Gasteiger charge is -2.25. The van der Waals surface area contributed by atoms with Crippen LogP contribution < -0.4 is 10.2 Å². The maximum absolute atomic E-state index is 12.0. The summed E-state index contributed by atoms with van der Waals surface area (Å²) in [6, 6.07) is 8.05. The predicted octanol–water partition coefficient (Wildman–Crippen LogP) is 2.90. The van der Waals surface area contributed by atoms with Crippen molar-refractivity contribution in [2.24, 2.45) is 5.92 Å². The summed E-state index contributed by atoms with van der Waals surface area (Å²) in [7, 11) is 1.74. The summed E-state index contributed by atoms with van der Waals surface area (Å²) in [5.74, 6) is 0.126. The van der Waals surface area contributed by atoms with Crippen molar-refractivity contribution in [3.8, 4) is 0 Å². The van der Waals surface area contributed by atoms with E-state index in [0.29, 0.717) is 0 Å². The van der Waals surface area contributed by atoms with Crippen molar-refractivity contribution >= 4 is 17.3 Å². The second-order valence-electron chi connectivity index (χ2n) is 5.41. The molecule has 0 aromatic heterocycles. The Bertz CT molecular complexity index is 448. The zero-order valence-electron chi connectivity index (χ0n) is 12.4. The van der Waals surface area contributed by atoms with Gasteiger partial charge in [-0.2, -0.15) is 0 Å². The van der Waals surface area contributed by atoms with Crippen molar-refractivity contribution in [2.75, 3.05) is 37.0 Å². The zero-order chi connectivity index (χ0) is 14.4. The number of methoxy groups -OCH3 is 1. The average molecular weight is 276 g/mol. The van der Waals surface area contributed by atoms with Crippen LogP contribution in [0.4, 0.5) is 11.4 Å². The van der Waals surface area contributed by atoms with E-state index in [1.54, 1.807) is 7.11 Å². The summed E-state index contributed by atoms with van der Waals surface area (Å²) in [5.41, 5.74) is 2.07. The van der Waals surface area contributed by atoms with Crippen LogP contribution >= 0.6 is 0 Å². The maximum atomic E-state index is 12.0. The number of fused-ring (bicyclic) bond motifs is 1. The molecule has 1 unspecified atom stereocenters. The quantitative estimate of drug-likeness (QED) is 0.812. The highest BCUT2D eigenvalue weighted by Gasteiger charge is 2.23. The van der Waals surface area contributed by atoms with Crippen molar-refractivity contribution in [3.05, 3.63) is 24.3 Å². The van der Waals surface area contributed by atoms with E-state index < -0.39 is 0 Å². The van der Waals surface area contributed by atoms with Gasteiger partial charge in [0.05, 0.1) is 17.3 Å². The Hall–Kier alpha value is -1.55. The monoisotopic (exact) mass is 276 g/mol. The Kier molecular flexibility index (Phi) is 5.41. The fraction of sp³-hybridized carbons (Fsp3) is 0.562. The lowest BCUT2D eigenvalue weighted by atomic mass is 10.1. The standard InChI is InChI=1S/C16H24N2O2/c1-13-12-18(10-6-3-7-11-20-2)15-9-5-4-8-14(15)17-16(13)19/h4-5,8-9,13H,3,6-7,10-12H2,1-2H3,(H,17,19). The van der Waals surface area contributed by atoms with E-state index in [4.69, 9.17) is 4.74 Å². The molecular weight excluding hydrogens is 252 g/mol. The molecule has 0 fully saturated rings. The molecule has 0 radical (unpaired) electrons. The van der Waals surface area contributed by atoms with E-state index in [1.807, 2.05) is 25.1 Å². The lowest BCUT2D eigenvalue weighted by Crippen LogP contribution is -2.31. The highest BCUT2D eigenvalue weighted by atomic mass is 16.5. The summed E-state index contributed by atoms with van der Waals surface area (Å²) in [5, 5.41) is 3.01. The molecule has 2 rings (SSSR count). The van der Waals surface area contributed by atoms with Gasteiger partial charge in [0, 0.05) is 26.8 Å². The van der Waals surface area contributed by atoms with Crippen molar-refractivity contribution in [1.29, 1.82) is 0 Å². The smallest absolute Gasteiger partial charge is 0.229 e. The van der Waals surface area contributed by atoms with Gasteiger partial charge in [-0.1, -0.05) is 19.1 Å². The molecule has 20 heavy (non-hydrogen) atoms. The summed E-state index contributed by atoms with van der Waals surface area (Å²) in [4.78, 5) is 14.3. The van der Waals surface area contributed by atoms with Crippen LogP contribution in [0, 0.1) is 5.92 Å². The Morgan fingerprint density at radius 2 is 2.10 bits per heavy atom. The van der Waals surface area contributed by atoms with Crippen LogP contribution in [-0.2, 0) is 9.53 Å². The van der Waals surface area contributed by atoms with Crippen LogP contribution in [0.3, 0.4) is 0 Å². The van der Waals surface area contributed by atoms with Gasteiger partial charge in [-0.3, -0.25) is 4.79 Å². The fourth-order valence-electron chi connectivity index (χ4n) is 2.56. The number of rotatable bonds is 6. The van der Waals surface area contributed by atoms with Crippen molar-refractivity contribution in [1.82, 2.24) is 0 Å². The molecular formula is C16H24N2O2. The predicted molar refractivity (Wildman–Crippen MR) is 82.2 cm³/mol. The number of nitrogens with zero attached hydrogens (tertiary/aromatic N) is 1. The number of para-hydroxylation sites is 2. The van der Waals surface area contributed by atoms with Crippen LogP contribution in [0.2, 0.25) is 0 Å². The first-order chi connectivity index (χ1) is 9.72. The van der Waals surface area contributed by atoms with Crippen LogP contribution in [0.5, 0.6) is 0 Å². The third kappa shape index (κ3) is 3.73. The topological polar surface area (TPSA) is 41.6 Å². The van der Waals surface area contributed by atoms with Crippen molar-refractivity contribution in [2.45, 2.75) is 26.2 Å². The number of hydrogen-bond acceptors (Lipinski definition) is 3. The number of amides is 1. The molecule has 4 nitrogen and oxygen atoms in total. The summed E-state index contributed by atoms with van der Waals surface area (Å²) in [6.07, 6.45) is 3.37. The van der Waals surface area contributed by atoms with Crippen LogP contribution in [-0.4, -0.2) is 32.7 Å². The van der Waals surface area contributed by atoms with E-state index >= 15 is 0 Å². The summed E-state index contributed by atoms with van der Waals surface area (Å²) in [6.45, 7) is 4.58. The van der Waals surface area contributed by atoms with Gasteiger partial charge >= 0.3 is 0 Å². The van der Waals surface area contributed by atoms with Gasteiger partial charge in [0.2, 0.25) is 5.91 Å². The first-order valence-electron chi connectivity index (χ1n) is 7.36. The molecule has 1 aromatic rings. The van der Waals surface area contributed by atoms with E-state index in [2.05, 4.69) is 16.3 Å². The summed E-state index contributed by atoms with van der Waals surface area (Å²) >= 11 is 0. The molecule has 4 heteroatoms. The third-order valence-corrected chi connectivity index (χ3v) is 3.72. The van der Waals surface area contributed by atoms with Gasteiger partial charge in [0.25, 0.3) is 0 Å². The zero-order valence-corrected chi connectivity index (χ0v) is 12.4. The van der Waals surface area contributed by atoms with Crippen molar-refractivity contribution in [3.63, 3.8) is 0 Å². The molecule has 110 valence electrons. The molecule has 0 saturated carbocycles. The minimum atomic E-state index is 0.0152. The Morgan fingerprint density at radius 3 is 2.90 bits per heavy atom. The molecule has 1 aliphatic rings. The Labute approximate surface area is 121 Å². The number of hydrogen-bond donors (Lipinski definition) is 1. The molecule has 0 spiro atoms. The number of anilines is 2. The average Bonchev–Trinajstić information content (AvgIpc) is 2.57. The maximum Gasteiger partial charge on any atom is 0.229 e. The first-order valence-corrected chi connectivity index (χ1v) is 7.36. The molecule has 1 N–H and O–H groups in total. The van der Waals surface area contributed by atoms with Gasteiger partial charge in [0.15, 0.2) is 0 Å². The number of benzene rings is 1. The number of carbonyl (C=O) groups excluding carboxylic acids is 1. The van der Waals surface area contributed by atoms with Gasteiger partial charge < -0.3 is 15.0 Å². The van der Waals surface area contributed by atoms with Gasteiger partial charge in [-0.15, -0.1) is 0 Å². The van der Waals surface area contributed by atoms with E-state index in [-0.39, 0.29) is 11.8 Å². The normalized spacial score (nSPS) is 18.4. The number of carbonyl (C=O) groups is 1. The Balaban J connectivity index is 2.01. The second-order valence-corrected chi connectivity index (χ2v) is 5.41. The highest BCUT2D eigenvalue weighted by Crippen LogP contribution is 2.29. The fourth-order valence-corrected chi connectivity index (χ4v) is 2.56. The second kappa shape index (κ2) is 7.29. The molecule has 1 heterocycles. The molecule has 1 atom stereocenters. The lowest BCUT2D eigenvalue weighted by molar-refractivity contribution is -0.119. The van der Waals surface area contributed by atoms with Gasteiger partial charge in [0.1, 0.15) is 0 Å². The molecule has 0 bridgehead atoms.